The molecule has 170 valence electrons. The number of benzene rings is 1. The maximum absolute atomic E-state index is 12.2. The Kier molecular flexibility index (Phi) is 26.8. The number of nitriles is 1. The van der Waals surface area contributed by atoms with E-state index in [4.69, 9.17) is 10.00 Å². The maximum atomic E-state index is 12.2. The van der Waals surface area contributed by atoms with E-state index in [0.29, 0.717) is 12.2 Å². The Morgan fingerprint density at radius 2 is 1.77 bits per heavy atom. The van der Waals surface area contributed by atoms with Crippen LogP contribution in [-0.2, 0) is 17.8 Å². The van der Waals surface area contributed by atoms with Crippen molar-refractivity contribution in [3.05, 3.63) is 71.1 Å². The number of hydrogen-bond acceptors (Lipinski definition) is 3. The highest BCUT2D eigenvalue weighted by Gasteiger charge is 2.01. The van der Waals surface area contributed by atoms with Crippen LogP contribution in [0.15, 0.2) is 54.4 Å². The third-order valence-electron chi connectivity index (χ3n) is 3.52. The first-order valence-electron chi connectivity index (χ1n) is 10.7. The van der Waals surface area contributed by atoms with Crippen LogP contribution in [-0.4, -0.2) is 32.6 Å². The van der Waals surface area contributed by atoms with Crippen LogP contribution >= 0.6 is 0 Å². The van der Waals surface area contributed by atoms with Crippen LogP contribution in [0.25, 0.3) is 0 Å². The molecule has 1 aromatic rings. The predicted octanol–water partition coefficient (Wildman–Crippen LogP) is 7.24. The zero-order valence-electron chi connectivity index (χ0n) is 20.6. The molecule has 1 aromatic carbocycles. The molecular weight excluding hydrogens is 375 g/mol. The molecule has 0 atom stereocenters. The lowest BCUT2D eigenvalue weighted by atomic mass is 10.0. The number of ether oxygens (including phenoxy) is 1. The summed E-state index contributed by atoms with van der Waals surface area (Å²) in [6.45, 7) is 13.6. The standard InChI is InChI=1S/C11H13NO.C8H11F.C5H13N.C2H6/c1-3-10-5-4-9(7-12)6-11(10)8-13-2;1-3-5-6-7-8(9)4-2;1-4-5-6(2)3;1-2/h4-6H,3,8H2,1-2H3;3-7H,1-2H3;4-5H2,1-3H3;1-2H3/b;5-3-,7-6-,8-4+;;. The Morgan fingerprint density at radius 1 is 1.13 bits per heavy atom. The molecule has 1 rings (SSSR count). The summed E-state index contributed by atoms with van der Waals surface area (Å²) in [6, 6.07) is 7.85. The fourth-order valence-electron chi connectivity index (χ4n) is 2.13. The summed E-state index contributed by atoms with van der Waals surface area (Å²) in [4.78, 5) is 2.18. The van der Waals surface area contributed by atoms with Crippen molar-refractivity contribution in [3.63, 3.8) is 0 Å². The highest BCUT2D eigenvalue weighted by molar-refractivity contribution is 5.37. The van der Waals surface area contributed by atoms with E-state index in [2.05, 4.69) is 38.9 Å². The van der Waals surface area contributed by atoms with Gasteiger partial charge in [0.1, 0.15) is 5.83 Å². The van der Waals surface area contributed by atoms with Crippen molar-refractivity contribution in [1.29, 1.82) is 5.26 Å². The van der Waals surface area contributed by atoms with Gasteiger partial charge in [0, 0.05) is 7.11 Å². The Balaban J connectivity index is -0.000000375. The molecule has 0 saturated heterocycles. The molecular formula is C26H43FN2O. The number of methoxy groups -OCH3 is 1. The number of halogens is 1. The lowest BCUT2D eigenvalue weighted by molar-refractivity contribution is 0.184. The van der Waals surface area contributed by atoms with Gasteiger partial charge in [-0.05, 0) is 76.7 Å². The van der Waals surface area contributed by atoms with Crippen LogP contribution in [0.2, 0.25) is 0 Å². The van der Waals surface area contributed by atoms with Crippen molar-refractivity contribution in [3.8, 4) is 6.07 Å². The van der Waals surface area contributed by atoms with Crippen molar-refractivity contribution >= 4 is 0 Å². The Labute approximate surface area is 185 Å². The van der Waals surface area contributed by atoms with E-state index >= 15 is 0 Å². The molecule has 0 aliphatic carbocycles. The first kappa shape index (κ1) is 32.4. The molecule has 0 aromatic heterocycles. The molecule has 0 unspecified atom stereocenters. The maximum Gasteiger partial charge on any atom is 0.118 e. The first-order chi connectivity index (χ1) is 14.4. The summed E-state index contributed by atoms with van der Waals surface area (Å²) >= 11 is 0. The fraction of sp³-hybridized carbons (Fsp3) is 0.500. The van der Waals surface area contributed by atoms with Crippen LogP contribution < -0.4 is 0 Å². The monoisotopic (exact) mass is 418 g/mol. The zero-order valence-corrected chi connectivity index (χ0v) is 20.6. The SMILES string of the molecule is CC.CCCN(C)C.CCc1ccc(C#N)cc1COC.C\C=C/C=C\C(F)=C/C. The fourth-order valence-corrected chi connectivity index (χ4v) is 2.13. The van der Waals surface area contributed by atoms with Crippen molar-refractivity contribution in [1.82, 2.24) is 4.90 Å². The Hall–Kier alpha value is -2.22. The average Bonchev–Trinajstić information content (AvgIpc) is 2.76. The molecule has 0 heterocycles. The van der Waals surface area contributed by atoms with Gasteiger partial charge >= 0.3 is 0 Å². The van der Waals surface area contributed by atoms with Gasteiger partial charge in [0.2, 0.25) is 0 Å². The number of nitrogens with zero attached hydrogens (tertiary/aromatic N) is 2. The van der Waals surface area contributed by atoms with Gasteiger partial charge in [-0.2, -0.15) is 5.26 Å². The second kappa shape index (κ2) is 24.8. The molecule has 3 nitrogen and oxygen atoms in total. The highest BCUT2D eigenvalue weighted by Crippen LogP contribution is 2.13. The van der Waals surface area contributed by atoms with Crippen LogP contribution in [0.3, 0.4) is 0 Å². The van der Waals surface area contributed by atoms with Gasteiger partial charge in [-0.15, -0.1) is 0 Å². The van der Waals surface area contributed by atoms with E-state index in [1.54, 1.807) is 26.2 Å². The van der Waals surface area contributed by atoms with E-state index < -0.39 is 0 Å². The van der Waals surface area contributed by atoms with Gasteiger partial charge in [0.25, 0.3) is 0 Å². The summed E-state index contributed by atoms with van der Waals surface area (Å²) in [5, 5.41) is 8.70. The summed E-state index contributed by atoms with van der Waals surface area (Å²) in [6.07, 6.45) is 10.4. The minimum atomic E-state index is -0.201. The second-order valence-electron chi connectivity index (χ2n) is 6.24. The van der Waals surface area contributed by atoms with E-state index in [0.717, 1.165) is 12.0 Å². The summed E-state index contributed by atoms with van der Waals surface area (Å²) < 4.78 is 17.3. The van der Waals surface area contributed by atoms with E-state index in [-0.39, 0.29) is 5.83 Å². The minimum Gasteiger partial charge on any atom is -0.380 e. The largest absolute Gasteiger partial charge is 0.380 e. The van der Waals surface area contributed by atoms with Crippen molar-refractivity contribution in [2.45, 2.75) is 61.0 Å². The van der Waals surface area contributed by atoms with Crippen LogP contribution in [0, 0.1) is 11.3 Å². The van der Waals surface area contributed by atoms with Crippen molar-refractivity contribution in [2.24, 2.45) is 0 Å². The number of aryl methyl sites for hydroxylation is 1. The molecule has 0 fully saturated rings. The number of rotatable bonds is 7. The molecule has 0 aliphatic rings. The normalized spacial score (nSPS) is 10.5. The van der Waals surface area contributed by atoms with Gasteiger partial charge in [0.15, 0.2) is 0 Å². The van der Waals surface area contributed by atoms with Crippen LogP contribution in [0.1, 0.15) is 64.7 Å². The third-order valence-corrected chi connectivity index (χ3v) is 3.52. The molecule has 0 bridgehead atoms. The molecule has 0 amide bonds. The predicted molar refractivity (Wildman–Crippen MR) is 130 cm³/mol. The van der Waals surface area contributed by atoms with Crippen molar-refractivity contribution in [2.75, 3.05) is 27.7 Å². The van der Waals surface area contributed by atoms with Gasteiger partial charge in [-0.3, -0.25) is 0 Å². The molecule has 0 aliphatic heterocycles. The van der Waals surface area contributed by atoms with Gasteiger partial charge in [-0.25, -0.2) is 4.39 Å². The molecule has 4 heteroatoms. The Morgan fingerprint density at radius 3 is 2.13 bits per heavy atom. The lowest BCUT2D eigenvalue weighted by Crippen LogP contribution is -2.11. The van der Waals surface area contributed by atoms with E-state index in [1.165, 1.54) is 30.7 Å². The quantitative estimate of drug-likeness (QED) is 0.438. The van der Waals surface area contributed by atoms with Gasteiger partial charge in [0.05, 0.1) is 18.2 Å². The lowest BCUT2D eigenvalue weighted by Gasteiger charge is -2.06. The van der Waals surface area contributed by atoms with Gasteiger partial charge in [-0.1, -0.05) is 58.1 Å². The smallest absolute Gasteiger partial charge is 0.118 e. The minimum absolute atomic E-state index is 0.201. The summed E-state index contributed by atoms with van der Waals surface area (Å²) in [7, 11) is 5.84. The summed E-state index contributed by atoms with van der Waals surface area (Å²) in [5.41, 5.74) is 3.06. The van der Waals surface area contributed by atoms with E-state index in [9.17, 15) is 4.39 Å². The number of hydrogen-bond donors (Lipinski definition) is 0. The van der Waals surface area contributed by atoms with Crippen LogP contribution in [0.4, 0.5) is 4.39 Å². The molecule has 0 saturated carbocycles. The first-order valence-corrected chi connectivity index (χ1v) is 10.7. The van der Waals surface area contributed by atoms with Gasteiger partial charge < -0.3 is 9.64 Å². The number of allylic oxidation sites excluding steroid dienone is 6. The highest BCUT2D eigenvalue weighted by atomic mass is 19.1. The zero-order chi connectivity index (χ0) is 23.8. The molecule has 0 N–H and O–H groups in total. The summed E-state index contributed by atoms with van der Waals surface area (Å²) in [5.74, 6) is -0.201. The second-order valence-corrected chi connectivity index (χ2v) is 6.24. The molecule has 0 radical (unpaired) electrons. The average molecular weight is 419 g/mol. The molecule has 30 heavy (non-hydrogen) atoms. The van der Waals surface area contributed by atoms with E-state index in [1.807, 2.05) is 45.0 Å². The van der Waals surface area contributed by atoms with Crippen molar-refractivity contribution < 1.29 is 9.13 Å². The molecule has 0 spiro atoms. The Bertz CT molecular complexity index is 641. The topological polar surface area (TPSA) is 36.3 Å². The third kappa shape index (κ3) is 20.5. The van der Waals surface area contributed by atoms with Crippen LogP contribution in [0.5, 0.6) is 0 Å².